The third kappa shape index (κ3) is 36.2. The lowest BCUT2D eigenvalue weighted by atomic mass is 10.0. The van der Waals surface area contributed by atoms with Crippen LogP contribution in [-0.2, 0) is 4.74 Å². The minimum atomic E-state index is -0.440. The fourth-order valence-corrected chi connectivity index (χ4v) is 6.45. The molecule has 0 saturated heterocycles. The van der Waals surface area contributed by atoms with Gasteiger partial charge in [0.2, 0.25) is 0 Å². The molecule has 272 valence electrons. The maximum atomic E-state index is 12.2. The number of unbranched alkanes of at least 4 members (excludes halogenated alkanes) is 26. The molecule has 0 bridgehead atoms. The summed E-state index contributed by atoms with van der Waals surface area (Å²) in [5.41, 5.74) is -0.440. The van der Waals surface area contributed by atoms with Gasteiger partial charge in [-0.3, -0.25) is 0 Å². The lowest BCUT2D eigenvalue weighted by molar-refractivity contribution is -0.908. The fourth-order valence-electron chi connectivity index (χ4n) is 6.45. The SMILES string of the molecule is CCCCCCCCCCCCCCCC[N+](C)(CCCCCCCCCCCCCCCC)CCNC(=O)OC(C)(C)C.[Cl-]. The molecule has 5 heteroatoms. The number of hydrogen-bond donors (Lipinski definition) is 1. The number of amides is 1. The topological polar surface area (TPSA) is 38.3 Å². The van der Waals surface area contributed by atoms with E-state index < -0.39 is 5.60 Å². The number of rotatable bonds is 33. The summed E-state index contributed by atoms with van der Waals surface area (Å²) in [4.78, 5) is 12.2. The van der Waals surface area contributed by atoms with Crippen molar-refractivity contribution in [3.8, 4) is 0 Å². The molecule has 4 nitrogen and oxygen atoms in total. The molecule has 0 aliphatic heterocycles. The van der Waals surface area contributed by atoms with Crippen LogP contribution in [-0.4, -0.2) is 49.4 Å². The third-order valence-electron chi connectivity index (χ3n) is 9.42. The maximum absolute atomic E-state index is 12.2. The fraction of sp³-hybridized carbons (Fsp3) is 0.975. The van der Waals surface area contributed by atoms with Crippen molar-refractivity contribution in [3.63, 3.8) is 0 Å². The van der Waals surface area contributed by atoms with Gasteiger partial charge in [0, 0.05) is 0 Å². The zero-order chi connectivity index (χ0) is 32.6. The van der Waals surface area contributed by atoms with Crippen LogP contribution >= 0.6 is 0 Å². The van der Waals surface area contributed by atoms with Crippen LogP contribution in [0, 0.1) is 0 Å². The second-order valence-electron chi connectivity index (χ2n) is 15.4. The van der Waals surface area contributed by atoms with E-state index in [1.807, 2.05) is 20.8 Å². The highest BCUT2D eigenvalue weighted by atomic mass is 35.5. The molecule has 0 aromatic carbocycles. The van der Waals surface area contributed by atoms with Gasteiger partial charge in [0.05, 0.1) is 33.2 Å². The molecule has 0 aromatic rings. The molecule has 0 rings (SSSR count). The van der Waals surface area contributed by atoms with E-state index in [9.17, 15) is 4.79 Å². The molecular formula is C40H83ClN2O2. The first kappa shape index (κ1) is 46.6. The van der Waals surface area contributed by atoms with Gasteiger partial charge in [-0.15, -0.1) is 0 Å². The molecular weight excluding hydrogens is 576 g/mol. The lowest BCUT2D eigenvalue weighted by Gasteiger charge is -2.35. The Balaban J connectivity index is 0. The molecule has 0 saturated carbocycles. The van der Waals surface area contributed by atoms with Crippen LogP contribution in [0.4, 0.5) is 4.79 Å². The summed E-state index contributed by atoms with van der Waals surface area (Å²) in [5.74, 6) is 0. The Morgan fingerprint density at radius 3 is 1.02 bits per heavy atom. The van der Waals surface area contributed by atoms with E-state index in [1.165, 1.54) is 193 Å². The van der Waals surface area contributed by atoms with E-state index in [1.54, 1.807) is 0 Å². The van der Waals surface area contributed by atoms with Crippen LogP contribution < -0.4 is 17.7 Å². The van der Waals surface area contributed by atoms with Crippen molar-refractivity contribution in [1.82, 2.24) is 5.32 Å². The number of likely N-dealkylation sites (N-methyl/N-ethyl adjacent to an activating group) is 1. The van der Waals surface area contributed by atoms with Crippen LogP contribution in [0.15, 0.2) is 0 Å². The standard InChI is InChI=1S/C40H82N2O2.ClH/c1-7-9-11-13-15-17-19-21-23-25-27-29-31-33-36-42(6,38-35-41-39(43)44-40(3,4)5)37-34-32-30-28-26-24-22-20-18-16-14-12-10-8-2;/h7-38H2,1-6H3;1H. The Hall–Kier alpha value is -0.480. The number of quaternary nitrogens is 1. The van der Waals surface area contributed by atoms with E-state index in [-0.39, 0.29) is 18.5 Å². The lowest BCUT2D eigenvalue weighted by Crippen LogP contribution is -3.00. The molecule has 0 fully saturated rings. The van der Waals surface area contributed by atoms with Gasteiger partial charge >= 0.3 is 6.09 Å². The van der Waals surface area contributed by atoms with Gasteiger partial charge < -0.3 is 26.9 Å². The number of hydrogen-bond acceptors (Lipinski definition) is 2. The van der Waals surface area contributed by atoms with Crippen LogP contribution in [0.3, 0.4) is 0 Å². The Bertz CT molecular complexity index is 576. The molecule has 1 N–H and O–H groups in total. The summed E-state index contributed by atoms with van der Waals surface area (Å²) >= 11 is 0. The number of carbonyl (C=O) groups is 1. The highest BCUT2D eigenvalue weighted by Gasteiger charge is 2.22. The van der Waals surface area contributed by atoms with Crippen LogP contribution in [0.1, 0.15) is 214 Å². The number of alkyl carbamates (subject to hydrolysis) is 1. The Morgan fingerprint density at radius 1 is 0.489 bits per heavy atom. The maximum Gasteiger partial charge on any atom is 0.407 e. The summed E-state index contributed by atoms with van der Waals surface area (Å²) in [6, 6.07) is 0. The second-order valence-corrected chi connectivity index (χ2v) is 15.4. The van der Waals surface area contributed by atoms with Gasteiger partial charge in [0.15, 0.2) is 0 Å². The van der Waals surface area contributed by atoms with Crippen molar-refractivity contribution < 1.29 is 26.4 Å². The predicted molar refractivity (Wildman–Crippen MR) is 196 cm³/mol. The van der Waals surface area contributed by atoms with Gasteiger partial charge in [-0.25, -0.2) is 4.79 Å². The Morgan fingerprint density at radius 2 is 0.756 bits per heavy atom. The second kappa shape index (κ2) is 33.4. The first-order valence-corrected chi connectivity index (χ1v) is 20.0. The van der Waals surface area contributed by atoms with Gasteiger partial charge in [0.25, 0.3) is 0 Å². The molecule has 0 unspecified atom stereocenters. The number of nitrogens with one attached hydrogen (secondary N) is 1. The summed E-state index contributed by atoms with van der Waals surface area (Å²) in [5, 5.41) is 3.02. The first-order valence-electron chi connectivity index (χ1n) is 20.0. The highest BCUT2D eigenvalue weighted by molar-refractivity contribution is 5.67. The average Bonchev–Trinajstić information content (AvgIpc) is 2.96. The molecule has 0 atom stereocenters. The average molecular weight is 660 g/mol. The van der Waals surface area contributed by atoms with Crippen LogP contribution in [0.25, 0.3) is 0 Å². The molecule has 0 radical (unpaired) electrons. The number of nitrogens with zero attached hydrogens (tertiary/aromatic N) is 1. The van der Waals surface area contributed by atoms with Gasteiger partial charge in [-0.1, -0.05) is 168 Å². The number of halogens is 1. The summed E-state index contributed by atoms with van der Waals surface area (Å²) in [6.45, 7) is 14.5. The zero-order valence-electron chi connectivity index (χ0n) is 31.8. The van der Waals surface area contributed by atoms with E-state index in [4.69, 9.17) is 4.74 Å². The predicted octanol–water partition coefficient (Wildman–Crippen LogP) is 9.92. The van der Waals surface area contributed by atoms with Crippen molar-refractivity contribution >= 4 is 6.09 Å². The summed E-state index contributed by atoms with van der Waals surface area (Å²) in [6.07, 6.45) is 39.1. The minimum absolute atomic E-state index is 0. The highest BCUT2D eigenvalue weighted by Crippen LogP contribution is 2.17. The molecule has 1 amide bonds. The molecule has 0 aromatic heterocycles. The van der Waals surface area contributed by atoms with Crippen molar-refractivity contribution in [2.24, 2.45) is 0 Å². The van der Waals surface area contributed by atoms with Crippen LogP contribution in [0.5, 0.6) is 0 Å². The van der Waals surface area contributed by atoms with Crippen molar-refractivity contribution in [2.75, 3.05) is 33.2 Å². The van der Waals surface area contributed by atoms with E-state index >= 15 is 0 Å². The largest absolute Gasteiger partial charge is 1.00 e. The molecule has 0 aliphatic rings. The summed E-state index contributed by atoms with van der Waals surface area (Å²) < 4.78 is 6.54. The van der Waals surface area contributed by atoms with Crippen molar-refractivity contribution in [1.29, 1.82) is 0 Å². The van der Waals surface area contributed by atoms with Crippen LogP contribution in [0.2, 0.25) is 0 Å². The van der Waals surface area contributed by atoms with Crippen molar-refractivity contribution in [3.05, 3.63) is 0 Å². The molecule has 0 aliphatic carbocycles. The minimum Gasteiger partial charge on any atom is -1.00 e. The third-order valence-corrected chi connectivity index (χ3v) is 9.42. The zero-order valence-corrected chi connectivity index (χ0v) is 32.5. The monoisotopic (exact) mass is 659 g/mol. The van der Waals surface area contributed by atoms with Gasteiger partial charge in [-0.05, 0) is 46.5 Å². The van der Waals surface area contributed by atoms with E-state index in [0.29, 0.717) is 6.54 Å². The van der Waals surface area contributed by atoms with Gasteiger partial charge in [0.1, 0.15) is 5.60 Å². The normalized spacial score (nSPS) is 11.9. The first-order chi connectivity index (χ1) is 21.2. The number of carbonyl (C=O) groups excluding carboxylic acids is 1. The van der Waals surface area contributed by atoms with E-state index in [0.717, 1.165) is 11.0 Å². The quantitative estimate of drug-likeness (QED) is 0.0563. The Labute approximate surface area is 290 Å². The van der Waals surface area contributed by atoms with Gasteiger partial charge in [-0.2, -0.15) is 0 Å². The van der Waals surface area contributed by atoms with Crippen molar-refractivity contribution in [2.45, 2.75) is 220 Å². The Kier molecular flexibility index (Phi) is 34.6. The molecule has 0 spiro atoms. The molecule has 45 heavy (non-hydrogen) atoms. The summed E-state index contributed by atoms with van der Waals surface area (Å²) in [7, 11) is 2.42. The molecule has 0 heterocycles. The van der Waals surface area contributed by atoms with E-state index in [2.05, 4.69) is 26.2 Å². The smallest absolute Gasteiger partial charge is 0.407 e. The number of ether oxygens (including phenoxy) is 1.